The third kappa shape index (κ3) is 6.94. The summed E-state index contributed by atoms with van der Waals surface area (Å²) >= 11 is 0. The number of carboxylic acid groups (broad SMARTS) is 1. The summed E-state index contributed by atoms with van der Waals surface area (Å²) in [4.78, 5) is 26.6. The first kappa shape index (κ1) is 25.5. The molecule has 0 bridgehead atoms. The molecule has 2 amide bonds. The van der Waals surface area contributed by atoms with Crippen molar-refractivity contribution in [2.75, 3.05) is 49.0 Å². The highest BCUT2D eigenvalue weighted by molar-refractivity contribution is 6.01. The van der Waals surface area contributed by atoms with Crippen molar-refractivity contribution < 1.29 is 28.7 Å². The number of carbonyl (C=O) groups is 2. The molecule has 34 heavy (non-hydrogen) atoms. The van der Waals surface area contributed by atoms with Gasteiger partial charge in [-0.05, 0) is 43.9 Å². The summed E-state index contributed by atoms with van der Waals surface area (Å²) in [7, 11) is 1.55. The van der Waals surface area contributed by atoms with Crippen molar-refractivity contribution in [2.45, 2.75) is 51.5 Å². The van der Waals surface area contributed by atoms with E-state index in [1.807, 2.05) is 18.2 Å². The van der Waals surface area contributed by atoms with E-state index < -0.39 is 12.0 Å². The molecule has 1 aliphatic rings. The van der Waals surface area contributed by atoms with Gasteiger partial charge in [0, 0.05) is 44.9 Å². The number of methoxy groups -OCH3 is 1. The fraction of sp³-hybridized carbons (Fsp3) is 0.542. The Morgan fingerprint density at radius 1 is 1.26 bits per heavy atom. The van der Waals surface area contributed by atoms with Gasteiger partial charge in [-0.2, -0.15) is 0 Å². The van der Waals surface area contributed by atoms with E-state index in [4.69, 9.17) is 14.0 Å². The zero-order chi connectivity index (χ0) is 24.5. The highest BCUT2D eigenvalue weighted by Gasteiger charge is 2.25. The number of hydrogen-bond acceptors (Lipinski definition) is 7. The molecule has 3 rings (SSSR count). The van der Waals surface area contributed by atoms with Gasteiger partial charge < -0.3 is 29.3 Å². The second-order valence-corrected chi connectivity index (χ2v) is 8.47. The second-order valence-electron chi connectivity index (χ2n) is 8.47. The Hall–Kier alpha value is -3.11. The quantitative estimate of drug-likeness (QED) is 0.442. The lowest BCUT2D eigenvalue weighted by Crippen LogP contribution is -2.40. The molecule has 10 nitrogen and oxygen atoms in total. The molecule has 1 aliphatic heterocycles. The minimum atomic E-state index is -0.908. The molecule has 2 aromatic rings. The number of benzene rings is 1. The van der Waals surface area contributed by atoms with Crippen molar-refractivity contribution in [3.8, 4) is 0 Å². The highest BCUT2D eigenvalue weighted by Crippen LogP contribution is 2.34. The fourth-order valence-electron chi connectivity index (χ4n) is 4.28. The first-order chi connectivity index (χ1) is 16.4. The van der Waals surface area contributed by atoms with Gasteiger partial charge >= 0.3 is 12.0 Å². The number of carboxylic acids is 1. The van der Waals surface area contributed by atoms with Crippen LogP contribution in [0.4, 0.5) is 22.0 Å². The van der Waals surface area contributed by atoms with Crippen LogP contribution in [0, 0.1) is 6.92 Å². The molecule has 186 valence electrons. The second kappa shape index (κ2) is 12.4. The standard InChI is InChI=1S/C24H34N4O6/c1-4-9-28(19-7-10-33-11-8-19)21-6-5-17(18(15-32-3)14-23(29)30)13-20(21)25-24(31)26-22-12-16(2)34-27-22/h5-6,12-13,18-19H,4,7-11,14-15H2,1-3H3,(H,29,30)(H2,25,26,27,31). The molecular weight excluding hydrogens is 440 g/mol. The average Bonchev–Trinajstić information content (AvgIpc) is 3.22. The van der Waals surface area contributed by atoms with Gasteiger partial charge in [0.1, 0.15) is 5.76 Å². The van der Waals surface area contributed by atoms with E-state index in [-0.39, 0.29) is 25.0 Å². The Morgan fingerprint density at radius 2 is 2.03 bits per heavy atom. The molecule has 3 N–H and O–H groups in total. The van der Waals surface area contributed by atoms with E-state index in [1.165, 1.54) is 0 Å². The number of carbonyl (C=O) groups excluding carboxylic acids is 1. The highest BCUT2D eigenvalue weighted by atomic mass is 16.5. The van der Waals surface area contributed by atoms with Crippen molar-refractivity contribution in [1.82, 2.24) is 5.16 Å². The molecule has 0 radical (unpaired) electrons. The van der Waals surface area contributed by atoms with Crippen molar-refractivity contribution in [3.05, 3.63) is 35.6 Å². The third-order valence-corrected chi connectivity index (χ3v) is 5.80. The minimum Gasteiger partial charge on any atom is -0.481 e. The van der Waals surface area contributed by atoms with Crippen molar-refractivity contribution >= 4 is 29.2 Å². The zero-order valence-corrected chi connectivity index (χ0v) is 20.0. The minimum absolute atomic E-state index is 0.0737. The van der Waals surface area contributed by atoms with Crippen molar-refractivity contribution in [3.63, 3.8) is 0 Å². The summed E-state index contributed by atoms with van der Waals surface area (Å²) in [5.41, 5.74) is 2.26. The van der Waals surface area contributed by atoms with Crippen LogP contribution >= 0.6 is 0 Å². The maximum Gasteiger partial charge on any atom is 0.325 e. The lowest BCUT2D eigenvalue weighted by molar-refractivity contribution is -0.137. The van der Waals surface area contributed by atoms with Gasteiger partial charge in [0.2, 0.25) is 0 Å². The predicted molar refractivity (Wildman–Crippen MR) is 129 cm³/mol. The van der Waals surface area contributed by atoms with E-state index in [0.29, 0.717) is 30.5 Å². The van der Waals surface area contributed by atoms with Gasteiger partial charge in [0.15, 0.2) is 5.82 Å². The van der Waals surface area contributed by atoms with E-state index in [0.717, 1.165) is 37.1 Å². The van der Waals surface area contributed by atoms with E-state index in [2.05, 4.69) is 27.6 Å². The van der Waals surface area contributed by atoms with E-state index in [9.17, 15) is 14.7 Å². The van der Waals surface area contributed by atoms with Crippen molar-refractivity contribution in [1.29, 1.82) is 0 Å². The summed E-state index contributed by atoms with van der Waals surface area (Å²) in [5, 5.41) is 18.8. The molecule has 1 aromatic heterocycles. The smallest absolute Gasteiger partial charge is 0.325 e. The number of hydrogen-bond donors (Lipinski definition) is 3. The van der Waals surface area contributed by atoms with Crippen LogP contribution in [0.3, 0.4) is 0 Å². The van der Waals surface area contributed by atoms with Gasteiger partial charge in [0.25, 0.3) is 0 Å². The number of ether oxygens (including phenoxy) is 2. The summed E-state index contributed by atoms with van der Waals surface area (Å²) in [5.74, 6) is -0.357. The number of rotatable bonds is 11. The number of aryl methyl sites for hydroxylation is 1. The van der Waals surface area contributed by atoms with Crippen LogP contribution in [-0.2, 0) is 14.3 Å². The third-order valence-electron chi connectivity index (χ3n) is 5.80. The molecule has 1 aromatic carbocycles. The molecule has 0 saturated carbocycles. The largest absolute Gasteiger partial charge is 0.481 e. The zero-order valence-electron chi connectivity index (χ0n) is 20.0. The van der Waals surface area contributed by atoms with Crippen LogP contribution in [0.25, 0.3) is 0 Å². The summed E-state index contributed by atoms with van der Waals surface area (Å²) in [6.45, 7) is 6.34. The number of amides is 2. The Balaban J connectivity index is 1.94. The monoisotopic (exact) mass is 474 g/mol. The van der Waals surface area contributed by atoms with Crippen LogP contribution in [0.5, 0.6) is 0 Å². The molecule has 1 fully saturated rings. The van der Waals surface area contributed by atoms with Gasteiger partial charge in [-0.1, -0.05) is 18.1 Å². The van der Waals surface area contributed by atoms with Crippen molar-refractivity contribution in [2.24, 2.45) is 0 Å². The van der Waals surface area contributed by atoms with Gasteiger partial charge in [-0.25, -0.2) is 4.79 Å². The lowest BCUT2D eigenvalue weighted by Gasteiger charge is -2.37. The normalized spacial score (nSPS) is 15.0. The van der Waals surface area contributed by atoms with Gasteiger partial charge in [-0.3, -0.25) is 10.1 Å². The molecular formula is C24H34N4O6. The summed E-state index contributed by atoms with van der Waals surface area (Å²) in [6.07, 6.45) is 2.66. The Bertz CT molecular complexity index is 957. The molecule has 1 saturated heterocycles. The van der Waals surface area contributed by atoms with Crippen LogP contribution in [0.2, 0.25) is 0 Å². The predicted octanol–water partition coefficient (Wildman–Crippen LogP) is 4.23. The maximum atomic E-state index is 12.8. The summed E-state index contributed by atoms with van der Waals surface area (Å²) < 4.78 is 15.8. The number of anilines is 3. The lowest BCUT2D eigenvalue weighted by atomic mass is 9.95. The number of nitrogens with one attached hydrogen (secondary N) is 2. The topological polar surface area (TPSA) is 126 Å². The molecule has 1 unspecified atom stereocenters. The SMILES string of the molecule is CCCN(c1ccc(C(COC)CC(=O)O)cc1NC(=O)Nc1cc(C)on1)C1CCOCC1. The van der Waals surface area contributed by atoms with E-state index in [1.54, 1.807) is 20.1 Å². The first-order valence-electron chi connectivity index (χ1n) is 11.6. The number of aromatic nitrogens is 1. The number of nitrogens with zero attached hydrogens (tertiary/aromatic N) is 2. The Labute approximate surface area is 199 Å². The molecule has 0 aliphatic carbocycles. The molecule has 1 atom stereocenters. The van der Waals surface area contributed by atoms with Crippen LogP contribution in [-0.4, -0.2) is 61.8 Å². The van der Waals surface area contributed by atoms with E-state index >= 15 is 0 Å². The number of urea groups is 1. The maximum absolute atomic E-state index is 12.8. The van der Waals surface area contributed by atoms with Gasteiger partial charge in [-0.15, -0.1) is 0 Å². The van der Waals surface area contributed by atoms with Crippen LogP contribution < -0.4 is 15.5 Å². The van der Waals surface area contributed by atoms with Crippen LogP contribution in [0.15, 0.2) is 28.8 Å². The number of aliphatic carboxylic acids is 1. The molecule has 0 spiro atoms. The van der Waals surface area contributed by atoms with Crippen LogP contribution in [0.1, 0.15) is 49.8 Å². The Morgan fingerprint density at radius 3 is 2.65 bits per heavy atom. The molecule has 10 heteroatoms. The molecule has 2 heterocycles. The Kier molecular flexibility index (Phi) is 9.29. The fourth-order valence-corrected chi connectivity index (χ4v) is 4.28. The van der Waals surface area contributed by atoms with Gasteiger partial charge in [0.05, 0.1) is 24.4 Å². The summed E-state index contributed by atoms with van der Waals surface area (Å²) in [6, 6.07) is 7.18. The average molecular weight is 475 g/mol. The first-order valence-corrected chi connectivity index (χ1v) is 11.6.